The lowest BCUT2D eigenvalue weighted by Gasteiger charge is -2.16. The first-order valence-corrected chi connectivity index (χ1v) is 5.52. The molecule has 110 valence electrons. The molecule has 0 amide bonds. The molecule has 1 aliphatic rings. The van der Waals surface area contributed by atoms with Gasteiger partial charge < -0.3 is 25.8 Å². The van der Waals surface area contributed by atoms with Crippen molar-refractivity contribution in [2.24, 2.45) is 0 Å². The maximum absolute atomic E-state index is 11.7. The van der Waals surface area contributed by atoms with Crippen molar-refractivity contribution in [2.45, 2.75) is 24.5 Å². The predicted octanol–water partition coefficient (Wildman–Crippen LogP) is -2.65. The number of nitrogens with two attached hydrogens (primary N) is 1. The Hall–Kier alpha value is -2.08. The van der Waals surface area contributed by atoms with Gasteiger partial charge in [0, 0.05) is 0 Å². The molecule has 11 heteroatoms. The van der Waals surface area contributed by atoms with Gasteiger partial charge in [-0.25, -0.2) is 4.79 Å². The lowest BCUT2D eigenvalue weighted by atomic mass is 10.1. The fourth-order valence-corrected chi connectivity index (χ4v) is 1.90. The molecule has 11 nitrogen and oxygen atoms in total. The molecule has 0 saturated carbocycles. The number of nitrogens with zero attached hydrogens (tertiary/aromatic N) is 3. The molecule has 0 bridgehead atoms. The van der Waals surface area contributed by atoms with Crippen molar-refractivity contribution in [3.63, 3.8) is 0 Å². The van der Waals surface area contributed by atoms with Crippen LogP contribution in [0.5, 0.6) is 0 Å². The fourth-order valence-electron chi connectivity index (χ4n) is 1.90. The molecule has 1 saturated heterocycles. The Bertz CT molecular complexity index is 588. The monoisotopic (exact) mass is 288 g/mol. The van der Waals surface area contributed by atoms with Crippen molar-refractivity contribution in [1.29, 1.82) is 0 Å². The first-order chi connectivity index (χ1) is 9.36. The van der Waals surface area contributed by atoms with Crippen molar-refractivity contribution in [2.75, 3.05) is 12.3 Å². The van der Waals surface area contributed by atoms with Gasteiger partial charge in [0.05, 0.1) is 17.7 Å². The Morgan fingerprint density at radius 1 is 1.50 bits per heavy atom. The number of hydrogen-bond donors (Lipinski definition) is 4. The highest BCUT2D eigenvalue weighted by atomic mass is 16.6. The van der Waals surface area contributed by atoms with Crippen LogP contribution in [0.2, 0.25) is 0 Å². The number of aliphatic hydroxyl groups is 3. The van der Waals surface area contributed by atoms with E-state index >= 15 is 0 Å². The first-order valence-electron chi connectivity index (χ1n) is 5.52. The summed E-state index contributed by atoms with van der Waals surface area (Å²) in [5, 5.41) is 39.0. The summed E-state index contributed by atoms with van der Waals surface area (Å²) < 4.78 is 5.74. The van der Waals surface area contributed by atoms with Crippen LogP contribution in [0.25, 0.3) is 0 Å². The summed E-state index contributed by atoms with van der Waals surface area (Å²) in [6, 6.07) is 0. The lowest BCUT2D eigenvalue weighted by Crippen LogP contribution is -2.36. The van der Waals surface area contributed by atoms with Gasteiger partial charge in [0.1, 0.15) is 18.3 Å². The number of nitro groups is 1. The molecule has 4 atom stereocenters. The summed E-state index contributed by atoms with van der Waals surface area (Å²) >= 11 is 0. The number of rotatable bonds is 3. The molecule has 5 N–H and O–H groups in total. The molecule has 2 heterocycles. The number of anilines is 1. The Balaban J connectivity index is 2.46. The van der Waals surface area contributed by atoms with Crippen molar-refractivity contribution < 1.29 is 25.0 Å². The molecule has 0 aromatic carbocycles. The second-order valence-corrected chi connectivity index (χ2v) is 4.19. The van der Waals surface area contributed by atoms with Gasteiger partial charge >= 0.3 is 11.4 Å². The quantitative estimate of drug-likeness (QED) is 0.342. The molecule has 1 aromatic heterocycles. The highest BCUT2D eigenvalue weighted by molar-refractivity contribution is 5.49. The van der Waals surface area contributed by atoms with Crippen molar-refractivity contribution in [3.05, 3.63) is 26.8 Å². The Kier molecular flexibility index (Phi) is 3.67. The Labute approximate surface area is 111 Å². The second kappa shape index (κ2) is 5.13. The predicted molar refractivity (Wildman–Crippen MR) is 62.6 cm³/mol. The van der Waals surface area contributed by atoms with Crippen LogP contribution in [-0.4, -0.2) is 54.7 Å². The van der Waals surface area contributed by atoms with E-state index in [2.05, 4.69) is 4.98 Å². The highest BCUT2D eigenvalue weighted by Gasteiger charge is 2.44. The van der Waals surface area contributed by atoms with Crippen LogP contribution >= 0.6 is 0 Å². The molecule has 1 fully saturated rings. The largest absolute Gasteiger partial charge is 0.394 e. The van der Waals surface area contributed by atoms with E-state index in [0.717, 1.165) is 6.20 Å². The number of nitrogen functional groups attached to an aromatic ring is 1. The van der Waals surface area contributed by atoms with E-state index < -0.39 is 53.3 Å². The highest BCUT2D eigenvalue weighted by Crippen LogP contribution is 2.29. The zero-order valence-electron chi connectivity index (χ0n) is 9.99. The Morgan fingerprint density at radius 2 is 2.15 bits per heavy atom. The van der Waals surface area contributed by atoms with Gasteiger partial charge in [-0.1, -0.05) is 0 Å². The minimum Gasteiger partial charge on any atom is -0.394 e. The zero-order valence-corrected chi connectivity index (χ0v) is 9.99. The van der Waals surface area contributed by atoms with Gasteiger partial charge in [0.2, 0.25) is 5.82 Å². The van der Waals surface area contributed by atoms with E-state index in [0.29, 0.717) is 4.57 Å². The van der Waals surface area contributed by atoms with Crippen LogP contribution in [0.1, 0.15) is 6.23 Å². The molecule has 0 radical (unpaired) electrons. The third kappa shape index (κ3) is 2.22. The van der Waals surface area contributed by atoms with Crippen molar-refractivity contribution in [1.82, 2.24) is 9.55 Å². The molecular formula is C9H12N4O7. The fraction of sp³-hybridized carbons (Fsp3) is 0.556. The summed E-state index contributed by atoms with van der Waals surface area (Å²) in [6.07, 6.45) is -4.73. The number of hydrogen-bond acceptors (Lipinski definition) is 9. The average Bonchev–Trinajstić information content (AvgIpc) is 2.66. The van der Waals surface area contributed by atoms with Crippen molar-refractivity contribution >= 4 is 11.5 Å². The molecular weight excluding hydrogens is 276 g/mol. The third-order valence-electron chi connectivity index (χ3n) is 2.95. The molecule has 2 rings (SSSR count). The summed E-state index contributed by atoms with van der Waals surface area (Å²) in [6.45, 7) is -0.589. The van der Waals surface area contributed by atoms with Gasteiger partial charge in [-0.3, -0.25) is 14.7 Å². The SMILES string of the molecule is Nc1nc(=O)n([C@@H]2O[C@@H](CO)[C@@H](O)[C@H]2O)cc1[N+](=O)[O-]. The summed E-state index contributed by atoms with van der Waals surface area (Å²) in [7, 11) is 0. The van der Waals surface area contributed by atoms with E-state index in [1.54, 1.807) is 0 Å². The second-order valence-electron chi connectivity index (χ2n) is 4.19. The molecule has 0 aliphatic carbocycles. The smallest absolute Gasteiger partial charge is 0.352 e. The minimum atomic E-state index is -1.55. The van der Waals surface area contributed by atoms with Crippen LogP contribution in [0.3, 0.4) is 0 Å². The van der Waals surface area contributed by atoms with Gasteiger partial charge in [0.25, 0.3) is 0 Å². The summed E-state index contributed by atoms with van der Waals surface area (Å²) in [5.74, 6) is -0.567. The van der Waals surface area contributed by atoms with Gasteiger partial charge in [-0.15, -0.1) is 0 Å². The van der Waals surface area contributed by atoms with E-state index in [9.17, 15) is 25.1 Å². The molecule has 0 unspecified atom stereocenters. The zero-order chi connectivity index (χ0) is 15.0. The molecule has 0 spiro atoms. The topological polar surface area (TPSA) is 174 Å². The van der Waals surface area contributed by atoms with Crippen LogP contribution in [-0.2, 0) is 4.74 Å². The van der Waals surface area contributed by atoms with E-state index in [-0.39, 0.29) is 0 Å². The third-order valence-corrected chi connectivity index (χ3v) is 2.95. The van der Waals surface area contributed by atoms with Gasteiger partial charge in [-0.2, -0.15) is 4.98 Å². The minimum absolute atomic E-state index is 0.567. The van der Waals surface area contributed by atoms with E-state index in [1.165, 1.54) is 0 Å². The first kappa shape index (κ1) is 14.3. The maximum atomic E-state index is 11.7. The summed E-state index contributed by atoms with van der Waals surface area (Å²) in [5.41, 5.74) is 3.63. The average molecular weight is 288 g/mol. The van der Waals surface area contributed by atoms with E-state index in [4.69, 9.17) is 15.6 Å². The molecule has 1 aromatic rings. The standard InChI is InChI=1S/C9H12N4O7/c10-7-3(13(18)19)1-12(9(17)11-7)8-6(16)5(15)4(2-14)20-8/h1,4-6,8,14-16H,2H2,(H2,10,11,17)/t4-,5+,6+,8+/m0/s1. The van der Waals surface area contributed by atoms with E-state index in [1.807, 2.05) is 0 Å². The number of aromatic nitrogens is 2. The van der Waals surface area contributed by atoms with Crippen LogP contribution < -0.4 is 11.4 Å². The Morgan fingerprint density at radius 3 is 2.65 bits per heavy atom. The van der Waals surface area contributed by atoms with Gasteiger partial charge in [-0.05, 0) is 0 Å². The van der Waals surface area contributed by atoms with Crippen LogP contribution in [0, 0.1) is 10.1 Å². The molecule has 1 aliphatic heterocycles. The lowest BCUT2D eigenvalue weighted by molar-refractivity contribution is -0.384. The van der Waals surface area contributed by atoms with Crippen LogP contribution in [0.4, 0.5) is 11.5 Å². The van der Waals surface area contributed by atoms with Gasteiger partial charge in [0.15, 0.2) is 6.23 Å². The number of aliphatic hydroxyl groups excluding tert-OH is 3. The number of ether oxygens (including phenoxy) is 1. The maximum Gasteiger partial charge on any atom is 0.352 e. The molecule has 20 heavy (non-hydrogen) atoms. The normalized spacial score (nSPS) is 29.6. The van der Waals surface area contributed by atoms with Crippen LogP contribution in [0.15, 0.2) is 11.0 Å². The van der Waals surface area contributed by atoms with Crippen molar-refractivity contribution in [3.8, 4) is 0 Å². The summed E-state index contributed by atoms with van der Waals surface area (Å²) in [4.78, 5) is 24.8.